The number of aryl methyl sites for hydroxylation is 1. The monoisotopic (exact) mass is 490 g/mol. The van der Waals surface area contributed by atoms with Crippen LogP contribution in [0.2, 0.25) is 0 Å². The molecule has 5 rings (SSSR count). The fraction of sp³-hybridized carbons (Fsp3) is 0.381. The summed E-state index contributed by atoms with van der Waals surface area (Å²) in [6.45, 7) is 1.55. The van der Waals surface area contributed by atoms with E-state index in [0.717, 1.165) is 0 Å². The highest BCUT2D eigenvalue weighted by Gasteiger charge is 2.43. The third-order valence-corrected chi connectivity index (χ3v) is 5.83. The number of carbonyl (C=O) groups excluding carboxylic acids is 2. The van der Waals surface area contributed by atoms with Crippen LogP contribution < -0.4 is 16.0 Å². The zero-order chi connectivity index (χ0) is 24.7. The maximum atomic E-state index is 13.3. The zero-order valence-electron chi connectivity index (χ0n) is 18.5. The Kier molecular flexibility index (Phi) is 5.57. The summed E-state index contributed by atoms with van der Waals surface area (Å²) in [7, 11) is 0. The summed E-state index contributed by atoms with van der Waals surface area (Å²) in [6.07, 6.45) is 2.09. The van der Waals surface area contributed by atoms with Gasteiger partial charge in [-0.1, -0.05) is 6.08 Å². The second kappa shape index (κ2) is 8.60. The van der Waals surface area contributed by atoms with Crippen LogP contribution in [0.4, 0.5) is 23.8 Å². The number of carbonyl (C=O) groups is 2. The van der Waals surface area contributed by atoms with Gasteiger partial charge in [-0.2, -0.15) is 13.2 Å². The Morgan fingerprint density at radius 2 is 2.11 bits per heavy atom. The maximum Gasteiger partial charge on any atom is 0.405 e. The Balaban J connectivity index is 1.35. The Morgan fingerprint density at radius 1 is 1.29 bits per heavy atom. The molecule has 3 aliphatic heterocycles. The molecule has 3 aliphatic rings. The molecule has 2 bridgehead atoms. The highest BCUT2D eigenvalue weighted by molar-refractivity contribution is 5.91. The van der Waals surface area contributed by atoms with Gasteiger partial charge in [0.05, 0.1) is 17.9 Å². The van der Waals surface area contributed by atoms with Crippen LogP contribution in [0.15, 0.2) is 46.7 Å². The topological polar surface area (TPSA) is 129 Å². The predicted molar refractivity (Wildman–Crippen MR) is 115 cm³/mol. The van der Waals surface area contributed by atoms with Gasteiger partial charge in [-0.05, 0) is 12.5 Å². The van der Waals surface area contributed by atoms with Crippen LogP contribution in [-0.4, -0.2) is 74.6 Å². The van der Waals surface area contributed by atoms with E-state index < -0.39 is 30.7 Å². The van der Waals surface area contributed by atoms with E-state index in [4.69, 9.17) is 4.42 Å². The number of nitrogens with one attached hydrogen (secondary N) is 3. The number of hydrogen-bond donors (Lipinski definition) is 3. The summed E-state index contributed by atoms with van der Waals surface area (Å²) in [6, 6.07) is -0.213. The van der Waals surface area contributed by atoms with E-state index in [0.29, 0.717) is 48.4 Å². The molecule has 184 valence electrons. The average Bonchev–Trinajstić information content (AvgIpc) is 3.44. The number of aromatic nitrogens is 3. The Labute approximate surface area is 197 Å². The average molecular weight is 490 g/mol. The first kappa shape index (κ1) is 22.7. The first-order valence-electron chi connectivity index (χ1n) is 10.8. The van der Waals surface area contributed by atoms with Crippen LogP contribution in [0, 0.1) is 6.92 Å². The summed E-state index contributed by atoms with van der Waals surface area (Å²) in [5, 5.41) is 7.54. The van der Waals surface area contributed by atoms with Crippen LogP contribution in [0.3, 0.4) is 0 Å². The van der Waals surface area contributed by atoms with E-state index >= 15 is 0 Å². The van der Waals surface area contributed by atoms with E-state index in [1.165, 1.54) is 23.5 Å². The van der Waals surface area contributed by atoms with Gasteiger partial charge in [0.2, 0.25) is 5.91 Å². The molecule has 3 amide bonds. The fourth-order valence-electron chi connectivity index (χ4n) is 4.27. The number of alkyl halides is 3. The first-order valence-corrected chi connectivity index (χ1v) is 10.8. The van der Waals surface area contributed by atoms with Crippen molar-refractivity contribution >= 4 is 17.8 Å². The third-order valence-electron chi connectivity index (χ3n) is 5.83. The number of urea groups is 1. The number of hydrogen-bond acceptors (Lipinski definition) is 8. The van der Waals surface area contributed by atoms with Gasteiger partial charge in [-0.3, -0.25) is 15.0 Å². The molecule has 0 saturated carbocycles. The van der Waals surface area contributed by atoms with Crippen molar-refractivity contribution in [3.05, 3.63) is 48.2 Å². The molecule has 14 heteroatoms. The minimum atomic E-state index is -4.53. The Hall–Kier alpha value is -4.10. The first-order chi connectivity index (χ1) is 16.7. The number of oxazole rings is 1. The molecule has 2 atom stereocenters. The number of halogens is 3. The van der Waals surface area contributed by atoms with Gasteiger partial charge in [0, 0.05) is 26.1 Å². The smallest absolute Gasteiger partial charge is 0.405 e. The van der Waals surface area contributed by atoms with E-state index in [2.05, 4.69) is 30.5 Å². The number of fused-ring (bicyclic) bond motifs is 3. The molecule has 2 aromatic heterocycles. The van der Waals surface area contributed by atoms with Crippen molar-refractivity contribution in [3.8, 4) is 11.5 Å². The van der Waals surface area contributed by atoms with E-state index in [9.17, 15) is 22.8 Å². The third kappa shape index (κ3) is 4.63. The molecule has 0 aromatic carbocycles. The highest BCUT2D eigenvalue weighted by atomic mass is 19.4. The fourth-order valence-corrected chi connectivity index (χ4v) is 4.27. The minimum absolute atomic E-state index is 0.190. The minimum Gasteiger partial charge on any atom is -0.439 e. The lowest BCUT2D eigenvalue weighted by molar-refractivity contribution is -0.138. The molecular formula is C21H21F3N8O3. The van der Waals surface area contributed by atoms with Crippen molar-refractivity contribution in [1.29, 1.82) is 0 Å². The molecule has 11 nitrogen and oxygen atoms in total. The SMILES string of the molecule is Cc1ncc(-c2cc(NC(=O)N3C4=C(C=CC(C(=O)NCC(F)(F)F)N4)N4CC[C@H]3C4)ncn2)o1. The van der Waals surface area contributed by atoms with Crippen LogP contribution in [0.5, 0.6) is 0 Å². The largest absolute Gasteiger partial charge is 0.439 e. The van der Waals surface area contributed by atoms with Crippen molar-refractivity contribution in [2.45, 2.75) is 31.6 Å². The second-order valence-electron chi connectivity index (χ2n) is 8.27. The van der Waals surface area contributed by atoms with E-state index in [1.807, 2.05) is 5.32 Å². The quantitative estimate of drug-likeness (QED) is 0.591. The van der Waals surface area contributed by atoms with Crippen molar-refractivity contribution in [2.24, 2.45) is 0 Å². The van der Waals surface area contributed by atoms with Gasteiger partial charge in [-0.25, -0.2) is 19.7 Å². The summed E-state index contributed by atoms with van der Waals surface area (Å²) >= 11 is 0. The van der Waals surface area contributed by atoms with Crippen molar-refractivity contribution in [2.75, 3.05) is 25.0 Å². The lowest BCUT2D eigenvalue weighted by Crippen LogP contribution is -2.56. The zero-order valence-corrected chi connectivity index (χ0v) is 18.5. The molecule has 1 fully saturated rings. The summed E-state index contributed by atoms with van der Waals surface area (Å²) in [5.74, 6) is 0.615. The number of allylic oxidation sites excluding steroid dienone is 1. The molecular weight excluding hydrogens is 469 g/mol. The summed E-state index contributed by atoms with van der Waals surface area (Å²) < 4.78 is 43.0. The van der Waals surface area contributed by atoms with Crippen LogP contribution in [-0.2, 0) is 4.79 Å². The predicted octanol–water partition coefficient (Wildman–Crippen LogP) is 1.74. The maximum absolute atomic E-state index is 13.3. The van der Waals surface area contributed by atoms with Gasteiger partial charge in [0.15, 0.2) is 11.7 Å². The molecule has 2 aromatic rings. The molecule has 0 aliphatic carbocycles. The van der Waals surface area contributed by atoms with Gasteiger partial charge in [0.25, 0.3) is 0 Å². The van der Waals surface area contributed by atoms with Crippen LogP contribution >= 0.6 is 0 Å². The molecule has 1 unspecified atom stereocenters. The van der Waals surface area contributed by atoms with E-state index in [1.54, 1.807) is 19.1 Å². The van der Waals surface area contributed by atoms with Crippen LogP contribution in [0.1, 0.15) is 12.3 Å². The van der Waals surface area contributed by atoms with E-state index in [-0.39, 0.29) is 11.9 Å². The number of dihydropyridines is 1. The molecule has 0 radical (unpaired) electrons. The standard InChI is InChI=1S/C21H21F3N8O3/c1-11-25-7-16(35-11)14-6-17(28-10-27-14)30-20(34)32-12-4-5-31(8-12)15-3-2-13(29-18(15)32)19(33)26-9-21(22,23)24/h2-3,6-7,10,12-13,29H,4-5,8-9H2,1H3,(H,26,33)(H,27,28,30,34)/t12-,13?/m0/s1. The van der Waals surface area contributed by atoms with Gasteiger partial charge in [-0.15, -0.1) is 0 Å². The van der Waals surface area contributed by atoms with Gasteiger partial charge >= 0.3 is 12.2 Å². The molecule has 1 saturated heterocycles. The van der Waals surface area contributed by atoms with Gasteiger partial charge < -0.3 is 20.0 Å². The van der Waals surface area contributed by atoms with Crippen molar-refractivity contribution in [1.82, 2.24) is 35.4 Å². The summed E-state index contributed by atoms with van der Waals surface area (Å²) in [5.41, 5.74) is 1.12. The lowest BCUT2D eigenvalue weighted by Gasteiger charge is -2.40. The highest BCUT2D eigenvalue weighted by Crippen LogP contribution is 2.33. The molecule has 5 heterocycles. The second-order valence-corrected chi connectivity index (χ2v) is 8.27. The lowest BCUT2D eigenvalue weighted by atomic mass is 10.1. The number of nitrogens with zero attached hydrogens (tertiary/aromatic N) is 5. The van der Waals surface area contributed by atoms with Crippen molar-refractivity contribution in [3.63, 3.8) is 0 Å². The number of amides is 3. The number of anilines is 1. The van der Waals surface area contributed by atoms with Crippen LogP contribution in [0.25, 0.3) is 11.5 Å². The summed E-state index contributed by atoms with van der Waals surface area (Å²) in [4.78, 5) is 41.5. The molecule has 3 N–H and O–H groups in total. The Bertz CT molecular complexity index is 1220. The van der Waals surface area contributed by atoms with Crippen molar-refractivity contribution < 1.29 is 27.2 Å². The Morgan fingerprint density at radius 3 is 2.86 bits per heavy atom. The molecule has 35 heavy (non-hydrogen) atoms. The molecule has 0 spiro atoms. The normalized spacial score (nSPS) is 21.0. The van der Waals surface area contributed by atoms with Gasteiger partial charge in [0.1, 0.15) is 36.2 Å². The number of rotatable bonds is 4.